The van der Waals surface area contributed by atoms with Gasteiger partial charge in [-0.2, -0.15) is 0 Å². The van der Waals surface area contributed by atoms with Gasteiger partial charge in [0.05, 0.1) is 6.61 Å². The van der Waals surface area contributed by atoms with Gasteiger partial charge in [-0.1, -0.05) is 42.8 Å². The van der Waals surface area contributed by atoms with E-state index in [0.29, 0.717) is 19.0 Å². The minimum atomic E-state index is 0. The van der Waals surface area contributed by atoms with E-state index < -0.39 is 0 Å². The van der Waals surface area contributed by atoms with Crippen molar-refractivity contribution in [2.45, 2.75) is 33.4 Å². The average molecular weight is 454 g/mol. The van der Waals surface area contributed by atoms with E-state index in [9.17, 15) is 0 Å². The fourth-order valence-corrected chi connectivity index (χ4v) is 2.18. The Morgan fingerprint density at radius 2 is 1.84 bits per heavy atom. The lowest BCUT2D eigenvalue weighted by Gasteiger charge is -2.14. The molecule has 2 N–H and O–H groups in total. The Balaban J connectivity index is 0.00000312. The molecule has 1 heterocycles. The monoisotopic (exact) mass is 454 g/mol. The number of ether oxygens (including phenoxy) is 1. The van der Waals surface area contributed by atoms with Crippen molar-refractivity contribution < 1.29 is 4.74 Å². The Morgan fingerprint density at radius 1 is 1.12 bits per heavy atom. The zero-order valence-electron chi connectivity index (χ0n) is 15.1. The summed E-state index contributed by atoms with van der Waals surface area (Å²) in [5.41, 5.74) is 3.50. The molecule has 0 bridgehead atoms. The summed E-state index contributed by atoms with van der Waals surface area (Å²) >= 11 is 0. The highest BCUT2D eigenvalue weighted by Crippen LogP contribution is 2.14. The second-order valence-electron chi connectivity index (χ2n) is 5.58. The van der Waals surface area contributed by atoms with Crippen molar-refractivity contribution >= 4 is 29.9 Å². The Morgan fingerprint density at radius 3 is 2.52 bits per heavy atom. The van der Waals surface area contributed by atoms with Gasteiger partial charge in [0, 0.05) is 31.9 Å². The van der Waals surface area contributed by atoms with Crippen LogP contribution in [0.4, 0.5) is 0 Å². The highest BCUT2D eigenvalue weighted by molar-refractivity contribution is 14.0. The van der Waals surface area contributed by atoms with Gasteiger partial charge in [-0.3, -0.25) is 4.99 Å². The highest BCUT2D eigenvalue weighted by atomic mass is 127. The van der Waals surface area contributed by atoms with E-state index in [0.717, 1.165) is 24.5 Å². The molecular weight excluding hydrogens is 427 g/mol. The fourth-order valence-electron chi connectivity index (χ4n) is 2.18. The Kier molecular flexibility index (Phi) is 9.91. The van der Waals surface area contributed by atoms with Gasteiger partial charge < -0.3 is 15.4 Å². The molecule has 0 aliphatic carbocycles. The minimum Gasteiger partial charge on any atom is -0.477 e. The zero-order chi connectivity index (χ0) is 17.2. The van der Waals surface area contributed by atoms with E-state index >= 15 is 0 Å². The molecule has 0 amide bonds. The lowest BCUT2D eigenvalue weighted by atomic mass is 10.1. The van der Waals surface area contributed by atoms with Crippen LogP contribution in [0.2, 0.25) is 0 Å². The summed E-state index contributed by atoms with van der Waals surface area (Å²) in [4.78, 5) is 8.56. The maximum Gasteiger partial charge on any atom is 0.218 e. The largest absolute Gasteiger partial charge is 0.477 e. The Labute approximate surface area is 167 Å². The molecule has 0 aliphatic heterocycles. The molecule has 2 aromatic rings. The van der Waals surface area contributed by atoms with Crippen molar-refractivity contribution in [2.24, 2.45) is 4.99 Å². The van der Waals surface area contributed by atoms with Gasteiger partial charge >= 0.3 is 0 Å². The number of pyridine rings is 1. The van der Waals surface area contributed by atoms with Crippen LogP contribution in [-0.4, -0.2) is 24.6 Å². The number of aliphatic imine (C=N–C) groups is 1. The molecule has 136 valence electrons. The van der Waals surface area contributed by atoms with Crippen LogP contribution in [0.15, 0.2) is 47.6 Å². The zero-order valence-corrected chi connectivity index (χ0v) is 17.4. The Hall–Kier alpha value is -1.83. The first-order valence-electron chi connectivity index (χ1n) is 8.29. The molecule has 2 rings (SSSR count). The lowest BCUT2D eigenvalue weighted by molar-refractivity contribution is 0.301. The van der Waals surface area contributed by atoms with Gasteiger partial charge in [-0.15, -0.1) is 24.0 Å². The molecule has 0 fully saturated rings. The van der Waals surface area contributed by atoms with Crippen molar-refractivity contribution in [3.8, 4) is 5.88 Å². The SMILES string of the molecule is CCCOc1ncccc1CNC(=NC)NCc1ccc(C)cc1.I. The van der Waals surface area contributed by atoms with Crippen molar-refractivity contribution in [1.82, 2.24) is 15.6 Å². The molecule has 1 aromatic carbocycles. The number of halogens is 1. The second-order valence-corrected chi connectivity index (χ2v) is 5.58. The second kappa shape index (κ2) is 11.7. The van der Waals surface area contributed by atoms with Crippen LogP contribution in [0, 0.1) is 6.92 Å². The molecule has 0 atom stereocenters. The van der Waals surface area contributed by atoms with Gasteiger partial charge in [0.25, 0.3) is 0 Å². The fraction of sp³-hybridized carbons (Fsp3) is 0.368. The van der Waals surface area contributed by atoms with Gasteiger partial charge in [0.15, 0.2) is 5.96 Å². The van der Waals surface area contributed by atoms with Crippen molar-refractivity contribution in [3.05, 3.63) is 59.3 Å². The summed E-state index contributed by atoms with van der Waals surface area (Å²) < 4.78 is 5.68. The number of hydrogen-bond acceptors (Lipinski definition) is 3. The van der Waals surface area contributed by atoms with Crippen molar-refractivity contribution in [2.75, 3.05) is 13.7 Å². The van der Waals surface area contributed by atoms with Crippen LogP contribution >= 0.6 is 24.0 Å². The lowest BCUT2D eigenvalue weighted by Crippen LogP contribution is -2.36. The topological polar surface area (TPSA) is 58.5 Å². The highest BCUT2D eigenvalue weighted by Gasteiger charge is 2.05. The number of nitrogens with one attached hydrogen (secondary N) is 2. The summed E-state index contributed by atoms with van der Waals surface area (Å²) in [7, 11) is 1.77. The molecular formula is C19H27IN4O. The number of aryl methyl sites for hydroxylation is 1. The van der Waals surface area contributed by atoms with E-state index in [1.165, 1.54) is 11.1 Å². The molecule has 25 heavy (non-hydrogen) atoms. The van der Waals surface area contributed by atoms with E-state index in [1.807, 2.05) is 12.1 Å². The summed E-state index contributed by atoms with van der Waals surface area (Å²) in [5, 5.41) is 6.62. The third-order valence-electron chi connectivity index (χ3n) is 3.54. The Bertz CT molecular complexity index is 659. The average Bonchev–Trinajstić information content (AvgIpc) is 2.62. The van der Waals surface area contributed by atoms with E-state index in [2.05, 4.69) is 58.7 Å². The van der Waals surface area contributed by atoms with Crippen LogP contribution in [0.3, 0.4) is 0 Å². The van der Waals surface area contributed by atoms with Gasteiger partial charge in [-0.05, 0) is 25.0 Å². The molecule has 6 heteroatoms. The molecule has 0 saturated carbocycles. The van der Waals surface area contributed by atoms with Crippen molar-refractivity contribution in [3.63, 3.8) is 0 Å². The third kappa shape index (κ3) is 7.29. The summed E-state index contributed by atoms with van der Waals surface area (Å²) in [5.74, 6) is 1.43. The van der Waals surface area contributed by atoms with E-state index in [-0.39, 0.29) is 24.0 Å². The predicted octanol–water partition coefficient (Wildman–Crippen LogP) is 3.66. The normalized spacial score (nSPS) is 10.8. The number of nitrogens with zero attached hydrogens (tertiary/aromatic N) is 2. The van der Waals surface area contributed by atoms with E-state index in [1.54, 1.807) is 13.2 Å². The first kappa shape index (κ1) is 21.2. The van der Waals surface area contributed by atoms with Gasteiger partial charge in [0.1, 0.15) is 0 Å². The first-order chi connectivity index (χ1) is 11.7. The smallest absolute Gasteiger partial charge is 0.218 e. The van der Waals surface area contributed by atoms with Crippen LogP contribution in [0.25, 0.3) is 0 Å². The molecule has 0 aliphatic rings. The van der Waals surface area contributed by atoms with E-state index in [4.69, 9.17) is 4.74 Å². The van der Waals surface area contributed by atoms with Crippen LogP contribution in [0.5, 0.6) is 5.88 Å². The summed E-state index contributed by atoms with van der Waals surface area (Å²) in [6, 6.07) is 12.4. The summed E-state index contributed by atoms with van der Waals surface area (Å²) in [6.45, 7) is 6.18. The first-order valence-corrected chi connectivity index (χ1v) is 8.29. The molecule has 0 unspecified atom stereocenters. The molecule has 0 spiro atoms. The molecule has 5 nitrogen and oxygen atoms in total. The van der Waals surface area contributed by atoms with Crippen LogP contribution in [-0.2, 0) is 13.1 Å². The van der Waals surface area contributed by atoms with Crippen LogP contribution < -0.4 is 15.4 Å². The number of benzene rings is 1. The number of rotatable bonds is 7. The third-order valence-corrected chi connectivity index (χ3v) is 3.54. The number of aromatic nitrogens is 1. The number of hydrogen-bond donors (Lipinski definition) is 2. The molecule has 1 aromatic heterocycles. The predicted molar refractivity (Wildman–Crippen MR) is 114 cm³/mol. The van der Waals surface area contributed by atoms with Gasteiger partial charge in [-0.25, -0.2) is 4.98 Å². The van der Waals surface area contributed by atoms with Crippen LogP contribution in [0.1, 0.15) is 30.0 Å². The standard InChI is InChI=1S/C19H26N4O.HI/c1-4-12-24-18-17(6-5-11-21-18)14-23-19(20-3)22-13-16-9-7-15(2)8-10-16;/h5-11H,4,12-14H2,1-3H3,(H2,20,22,23);1H. The van der Waals surface area contributed by atoms with Gasteiger partial charge in [0.2, 0.25) is 5.88 Å². The minimum absolute atomic E-state index is 0. The quantitative estimate of drug-likeness (QED) is 0.381. The maximum atomic E-state index is 5.68. The molecule has 0 saturated heterocycles. The maximum absolute atomic E-state index is 5.68. The molecule has 0 radical (unpaired) electrons. The van der Waals surface area contributed by atoms with Crippen molar-refractivity contribution in [1.29, 1.82) is 0 Å². The summed E-state index contributed by atoms with van der Waals surface area (Å²) in [6.07, 6.45) is 2.71. The number of guanidine groups is 1.